The second-order valence-electron chi connectivity index (χ2n) is 4.53. The molecule has 2 aromatic rings. The van der Waals surface area contributed by atoms with E-state index in [0.717, 1.165) is 24.6 Å². The molecule has 106 valence electrons. The van der Waals surface area contributed by atoms with E-state index in [9.17, 15) is 4.39 Å². The molecule has 0 saturated heterocycles. The second-order valence-corrected chi connectivity index (χ2v) is 4.53. The van der Waals surface area contributed by atoms with Crippen molar-refractivity contribution in [2.75, 3.05) is 17.2 Å². The van der Waals surface area contributed by atoms with Gasteiger partial charge in [0.05, 0.1) is 0 Å². The molecule has 1 aromatic heterocycles. The Hall–Kier alpha value is -2.17. The summed E-state index contributed by atoms with van der Waals surface area (Å²) < 4.78 is 13.5. The van der Waals surface area contributed by atoms with Gasteiger partial charge in [0, 0.05) is 24.7 Å². The Morgan fingerprint density at radius 1 is 1.10 bits per heavy atom. The largest absolute Gasteiger partial charge is 0.370 e. The lowest BCUT2D eigenvalue weighted by Gasteiger charge is -2.10. The number of rotatable bonds is 5. The van der Waals surface area contributed by atoms with Crippen molar-refractivity contribution in [2.45, 2.75) is 27.2 Å². The molecule has 0 aliphatic carbocycles. The van der Waals surface area contributed by atoms with Crippen LogP contribution in [-0.2, 0) is 6.42 Å². The van der Waals surface area contributed by atoms with Gasteiger partial charge in [-0.05, 0) is 31.5 Å². The van der Waals surface area contributed by atoms with Gasteiger partial charge in [-0.2, -0.15) is 0 Å². The lowest BCUT2D eigenvalue weighted by Crippen LogP contribution is -2.05. The molecule has 0 bridgehead atoms. The van der Waals surface area contributed by atoms with Crippen LogP contribution in [0.1, 0.15) is 25.2 Å². The van der Waals surface area contributed by atoms with Crippen molar-refractivity contribution in [3.63, 3.8) is 0 Å². The zero-order valence-corrected chi connectivity index (χ0v) is 12.0. The van der Waals surface area contributed by atoms with Crippen LogP contribution in [-0.4, -0.2) is 16.5 Å². The summed E-state index contributed by atoms with van der Waals surface area (Å²) in [6.07, 6.45) is 0.746. The molecule has 5 heteroatoms. The smallest absolute Gasteiger partial charge is 0.136 e. The molecule has 0 aliphatic rings. The Labute approximate surface area is 118 Å². The monoisotopic (exact) mass is 274 g/mol. The molecule has 0 radical (unpaired) electrons. The second kappa shape index (κ2) is 6.32. The van der Waals surface area contributed by atoms with Crippen molar-refractivity contribution in [3.8, 4) is 0 Å². The number of anilines is 3. The Morgan fingerprint density at radius 3 is 2.50 bits per heavy atom. The third-order valence-corrected chi connectivity index (χ3v) is 2.89. The van der Waals surface area contributed by atoms with Crippen molar-refractivity contribution in [1.82, 2.24) is 9.97 Å². The number of aromatic nitrogens is 2. The molecule has 0 amide bonds. The van der Waals surface area contributed by atoms with Crippen LogP contribution in [0, 0.1) is 12.7 Å². The van der Waals surface area contributed by atoms with E-state index >= 15 is 0 Å². The summed E-state index contributed by atoms with van der Waals surface area (Å²) in [4.78, 5) is 8.78. The van der Waals surface area contributed by atoms with Gasteiger partial charge in [0.15, 0.2) is 0 Å². The lowest BCUT2D eigenvalue weighted by atomic mass is 10.2. The first-order valence-corrected chi connectivity index (χ1v) is 6.77. The maximum Gasteiger partial charge on any atom is 0.136 e. The van der Waals surface area contributed by atoms with Gasteiger partial charge in [-0.3, -0.25) is 0 Å². The predicted octanol–water partition coefficient (Wildman–Crippen LogP) is 3.66. The molecule has 0 saturated carbocycles. The average molecular weight is 274 g/mol. The van der Waals surface area contributed by atoms with Crippen molar-refractivity contribution >= 4 is 17.3 Å². The highest BCUT2D eigenvalue weighted by molar-refractivity contribution is 5.59. The summed E-state index contributed by atoms with van der Waals surface area (Å²) in [6.45, 7) is 6.54. The van der Waals surface area contributed by atoms with E-state index in [-0.39, 0.29) is 5.82 Å². The van der Waals surface area contributed by atoms with E-state index in [1.54, 1.807) is 13.0 Å². The summed E-state index contributed by atoms with van der Waals surface area (Å²) >= 11 is 0. The zero-order valence-electron chi connectivity index (χ0n) is 12.0. The molecule has 0 unspecified atom stereocenters. The minimum absolute atomic E-state index is 0.230. The normalized spacial score (nSPS) is 10.4. The van der Waals surface area contributed by atoms with Gasteiger partial charge in [0.25, 0.3) is 0 Å². The first-order chi connectivity index (χ1) is 9.62. The summed E-state index contributed by atoms with van der Waals surface area (Å²) in [6, 6.07) is 6.86. The van der Waals surface area contributed by atoms with Crippen molar-refractivity contribution < 1.29 is 4.39 Å². The molecule has 0 aliphatic heterocycles. The molecule has 0 spiro atoms. The summed E-state index contributed by atoms with van der Waals surface area (Å²) in [5, 5.41) is 6.28. The van der Waals surface area contributed by atoms with Gasteiger partial charge >= 0.3 is 0 Å². The number of nitrogens with one attached hydrogen (secondary N) is 2. The van der Waals surface area contributed by atoms with Gasteiger partial charge in [-0.1, -0.05) is 13.0 Å². The molecule has 0 atom stereocenters. The Morgan fingerprint density at radius 2 is 1.85 bits per heavy atom. The van der Waals surface area contributed by atoms with E-state index in [0.29, 0.717) is 17.1 Å². The minimum Gasteiger partial charge on any atom is -0.370 e. The number of nitrogens with zero attached hydrogens (tertiary/aromatic N) is 2. The van der Waals surface area contributed by atoms with Crippen molar-refractivity contribution in [3.05, 3.63) is 41.5 Å². The van der Waals surface area contributed by atoms with E-state index in [2.05, 4.69) is 20.6 Å². The van der Waals surface area contributed by atoms with Gasteiger partial charge < -0.3 is 10.6 Å². The van der Waals surface area contributed by atoms with Gasteiger partial charge in [-0.15, -0.1) is 0 Å². The standard InChI is InChI=1S/C15H19FN4/c1-4-13-19-14(17-5-2)9-15(20-13)18-11-7-6-10(3)12(16)8-11/h6-9H,4-5H2,1-3H3,(H2,17,18,19,20). The number of hydrogen-bond donors (Lipinski definition) is 2. The molecule has 1 aromatic carbocycles. The molecule has 2 rings (SSSR count). The summed E-state index contributed by atoms with van der Waals surface area (Å²) in [5.74, 6) is 1.95. The third-order valence-electron chi connectivity index (χ3n) is 2.89. The molecule has 4 nitrogen and oxygen atoms in total. The SMILES string of the molecule is CCNc1cc(Nc2ccc(C)c(F)c2)nc(CC)n1. The van der Waals surface area contributed by atoms with Crippen LogP contribution in [0.4, 0.5) is 21.7 Å². The fourth-order valence-corrected chi connectivity index (χ4v) is 1.81. The first kappa shape index (κ1) is 14.2. The van der Waals surface area contributed by atoms with E-state index in [1.807, 2.05) is 26.0 Å². The van der Waals surface area contributed by atoms with Gasteiger partial charge in [0.2, 0.25) is 0 Å². The minimum atomic E-state index is -0.230. The average Bonchev–Trinajstić information content (AvgIpc) is 2.43. The van der Waals surface area contributed by atoms with E-state index < -0.39 is 0 Å². The van der Waals surface area contributed by atoms with E-state index in [1.165, 1.54) is 6.07 Å². The van der Waals surface area contributed by atoms with Crippen LogP contribution in [0.2, 0.25) is 0 Å². The molecule has 2 N–H and O–H groups in total. The Kier molecular flexibility index (Phi) is 4.50. The number of benzene rings is 1. The van der Waals surface area contributed by atoms with Crippen molar-refractivity contribution in [1.29, 1.82) is 0 Å². The molecule has 1 heterocycles. The highest BCUT2D eigenvalue weighted by atomic mass is 19.1. The highest BCUT2D eigenvalue weighted by Gasteiger charge is 2.05. The number of halogens is 1. The zero-order chi connectivity index (χ0) is 14.5. The van der Waals surface area contributed by atoms with Crippen molar-refractivity contribution in [2.24, 2.45) is 0 Å². The topological polar surface area (TPSA) is 49.8 Å². The van der Waals surface area contributed by atoms with Gasteiger partial charge in [-0.25, -0.2) is 14.4 Å². The van der Waals surface area contributed by atoms with Crippen LogP contribution in [0.25, 0.3) is 0 Å². The summed E-state index contributed by atoms with van der Waals surface area (Å²) in [5.41, 5.74) is 1.30. The maximum atomic E-state index is 13.5. The molecular formula is C15H19FN4. The third kappa shape index (κ3) is 3.44. The molecule has 0 fully saturated rings. The quantitative estimate of drug-likeness (QED) is 0.873. The lowest BCUT2D eigenvalue weighted by molar-refractivity contribution is 0.619. The van der Waals surface area contributed by atoms with Gasteiger partial charge in [0.1, 0.15) is 23.3 Å². The summed E-state index contributed by atoms with van der Waals surface area (Å²) in [7, 11) is 0. The predicted molar refractivity (Wildman–Crippen MR) is 80.0 cm³/mol. The first-order valence-electron chi connectivity index (χ1n) is 6.77. The molecular weight excluding hydrogens is 255 g/mol. The molecule has 20 heavy (non-hydrogen) atoms. The number of hydrogen-bond acceptors (Lipinski definition) is 4. The Bertz CT molecular complexity index is 598. The van der Waals surface area contributed by atoms with Crippen LogP contribution < -0.4 is 10.6 Å². The van der Waals surface area contributed by atoms with Crippen LogP contribution >= 0.6 is 0 Å². The van der Waals surface area contributed by atoms with Crippen LogP contribution in [0.3, 0.4) is 0 Å². The fourth-order valence-electron chi connectivity index (χ4n) is 1.81. The Balaban J connectivity index is 2.27. The maximum absolute atomic E-state index is 13.5. The van der Waals surface area contributed by atoms with Crippen LogP contribution in [0.15, 0.2) is 24.3 Å². The van der Waals surface area contributed by atoms with E-state index in [4.69, 9.17) is 0 Å². The number of aryl methyl sites for hydroxylation is 2. The fraction of sp³-hybridized carbons (Fsp3) is 0.333. The van der Waals surface area contributed by atoms with Crippen LogP contribution in [0.5, 0.6) is 0 Å². The highest BCUT2D eigenvalue weighted by Crippen LogP contribution is 2.20.